The van der Waals surface area contributed by atoms with Crippen LogP contribution in [-0.2, 0) is 0 Å². The average molecular weight is 237 g/mol. The Labute approximate surface area is 89.1 Å². The van der Waals surface area contributed by atoms with Crippen molar-refractivity contribution < 1.29 is 17.9 Å². The van der Waals surface area contributed by atoms with Crippen LogP contribution in [-0.4, -0.2) is 34.3 Å². The summed E-state index contributed by atoms with van der Waals surface area (Å²) in [5.41, 5.74) is 5.27. The van der Waals surface area contributed by atoms with Crippen molar-refractivity contribution in [3.8, 4) is 6.01 Å². The van der Waals surface area contributed by atoms with Gasteiger partial charge in [-0.3, -0.25) is 0 Å². The van der Waals surface area contributed by atoms with E-state index < -0.39 is 12.7 Å². The Bertz CT molecular complexity index is 356. The lowest BCUT2D eigenvalue weighted by molar-refractivity contribution is -0.115. The largest absolute Gasteiger partial charge is 0.464 e. The quantitative estimate of drug-likeness (QED) is 0.806. The predicted molar refractivity (Wildman–Crippen MR) is 50.0 cm³/mol. The van der Waals surface area contributed by atoms with Gasteiger partial charge in [-0.15, -0.1) is 0 Å². The lowest BCUT2D eigenvalue weighted by atomic mass is 10.6. The number of anilines is 2. The van der Waals surface area contributed by atoms with Crippen molar-refractivity contribution in [1.82, 2.24) is 15.0 Å². The maximum absolute atomic E-state index is 11.9. The second-order valence-electron chi connectivity index (χ2n) is 2.70. The monoisotopic (exact) mass is 237 g/mol. The number of hydrogen-bond donors (Lipinski definition) is 2. The van der Waals surface area contributed by atoms with Crippen LogP contribution in [0.3, 0.4) is 0 Å². The molecule has 0 aliphatic carbocycles. The molecule has 0 atom stereocenters. The summed E-state index contributed by atoms with van der Waals surface area (Å²) in [6.07, 6.45) is -4.35. The summed E-state index contributed by atoms with van der Waals surface area (Å²) in [6.45, 7) is 0.715. The van der Waals surface area contributed by atoms with Gasteiger partial charge in [0, 0.05) is 0 Å². The van der Waals surface area contributed by atoms with Gasteiger partial charge >= 0.3 is 12.2 Å². The number of aromatic nitrogens is 3. The van der Waals surface area contributed by atoms with Crippen molar-refractivity contribution >= 4 is 11.9 Å². The van der Waals surface area contributed by atoms with Crippen LogP contribution in [0.5, 0.6) is 6.01 Å². The van der Waals surface area contributed by atoms with Gasteiger partial charge in [-0.05, 0) is 6.92 Å². The molecule has 9 heteroatoms. The van der Waals surface area contributed by atoms with Crippen molar-refractivity contribution in [3.05, 3.63) is 0 Å². The molecule has 1 aromatic rings. The summed E-state index contributed by atoms with van der Waals surface area (Å²) in [4.78, 5) is 10.7. The number of nitrogens with zero attached hydrogens (tertiary/aromatic N) is 3. The van der Waals surface area contributed by atoms with E-state index in [1.165, 1.54) is 0 Å². The van der Waals surface area contributed by atoms with Crippen LogP contribution >= 0.6 is 0 Å². The summed E-state index contributed by atoms with van der Waals surface area (Å²) in [5.74, 6) is -0.476. The third-order valence-electron chi connectivity index (χ3n) is 1.35. The van der Waals surface area contributed by atoms with Crippen molar-refractivity contribution in [2.24, 2.45) is 0 Å². The Balaban J connectivity index is 2.72. The maximum atomic E-state index is 11.9. The van der Waals surface area contributed by atoms with E-state index in [4.69, 9.17) is 10.5 Å². The Kier molecular flexibility index (Phi) is 3.69. The number of halogens is 3. The lowest BCUT2D eigenvalue weighted by Crippen LogP contribution is -2.22. The van der Waals surface area contributed by atoms with Crippen LogP contribution in [0.1, 0.15) is 6.92 Å². The Morgan fingerprint density at radius 2 is 2.00 bits per heavy atom. The first-order chi connectivity index (χ1) is 7.40. The van der Waals surface area contributed by atoms with Crippen LogP contribution in [0.25, 0.3) is 0 Å². The van der Waals surface area contributed by atoms with Crippen molar-refractivity contribution in [1.29, 1.82) is 0 Å². The summed E-state index contributed by atoms with van der Waals surface area (Å²) < 4.78 is 40.6. The second-order valence-corrected chi connectivity index (χ2v) is 2.70. The molecule has 0 fully saturated rings. The third-order valence-corrected chi connectivity index (χ3v) is 1.35. The fourth-order valence-electron chi connectivity index (χ4n) is 0.824. The number of hydrogen-bond acceptors (Lipinski definition) is 6. The molecule has 0 bridgehead atoms. The molecule has 3 N–H and O–H groups in total. The normalized spacial score (nSPS) is 11.2. The van der Waals surface area contributed by atoms with Gasteiger partial charge in [0.2, 0.25) is 11.9 Å². The highest BCUT2D eigenvalue weighted by Gasteiger charge is 2.27. The molecule has 0 saturated heterocycles. The van der Waals surface area contributed by atoms with E-state index in [0.29, 0.717) is 0 Å². The van der Waals surface area contributed by atoms with Gasteiger partial charge in [0.05, 0.1) is 6.61 Å². The molecular weight excluding hydrogens is 227 g/mol. The van der Waals surface area contributed by atoms with Gasteiger partial charge in [-0.2, -0.15) is 28.1 Å². The molecule has 0 aliphatic heterocycles. The zero-order valence-electron chi connectivity index (χ0n) is 8.38. The minimum absolute atomic E-state index is 0.111. The van der Waals surface area contributed by atoms with Crippen molar-refractivity contribution in [2.75, 3.05) is 24.2 Å². The number of alkyl halides is 3. The van der Waals surface area contributed by atoms with E-state index in [1.54, 1.807) is 6.92 Å². The third kappa shape index (κ3) is 4.15. The van der Waals surface area contributed by atoms with Crippen molar-refractivity contribution in [3.63, 3.8) is 0 Å². The van der Waals surface area contributed by atoms with Crippen molar-refractivity contribution in [2.45, 2.75) is 13.1 Å². The molecule has 0 saturated carbocycles. The number of rotatable bonds is 4. The zero-order chi connectivity index (χ0) is 12.2. The minimum Gasteiger partial charge on any atom is -0.464 e. The number of nitrogens with two attached hydrogens (primary N) is 1. The lowest BCUT2D eigenvalue weighted by Gasteiger charge is -2.09. The first kappa shape index (κ1) is 12.3. The van der Waals surface area contributed by atoms with Gasteiger partial charge in [0.25, 0.3) is 0 Å². The standard InChI is InChI=1S/C7H10F3N5O/c1-2-16-6-14-4(11)13-5(15-6)12-3-7(8,9)10/h2-3H2,1H3,(H3,11,12,13,14,15). The van der Waals surface area contributed by atoms with E-state index >= 15 is 0 Å². The highest BCUT2D eigenvalue weighted by molar-refractivity contribution is 5.32. The molecule has 1 aromatic heterocycles. The fourth-order valence-corrected chi connectivity index (χ4v) is 0.824. The Morgan fingerprint density at radius 3 is 2.56 bits per heavy atom. The first-order valence-corrected chi connectivity index (χ1v) is 4.35. The van der Waals surface area contributed by atoms with E-state index in [1.807, 2.05) is 5.32 Å². The highest BCUT2D eigenvalue weighted by atomic mass is 19.4. The van der Waals surface area contributed by atoms with Crippen LogP contribution in [0.2, 0.25) is 0 Å². The molecule has 16 heavy (non-hydrogen) atoms. The molecule has 90 valence electrons. The summed E-state index contributed by atoms with van der Waals surface area (Å²) in [6, 6.07) is -0.111. The van der Waals surface area contributed by atoms with E-state index in [-0.39, 0.29) is 24.5 Å². The summed E-state index contributed by atoms with van der Waals surface area (Å²) in [7, 11) is 0. The van der Waals surface area contributed by atoms with E-state index in [9.17, 15) is 13.2 Å². The average Bonchev–Trinajstić information content (AvgIpc) is 2.13. The number of nitrogens with one attached hydrogen (secondary N) is 1. The number of ether oxygens (including phenoxy) is 1. The topological polar surface area (TPSA) is 86.0 Å². The molecule has 0 aromatic carbocycles. The van der Waals surface area contributed by atoms with E-state index in [2.05, 4.69) is 15.0 Å². The van der Waals surface area contributed by atoms with E-state index in [0.717, 1.165) is 0 Å². The highest BCUT2D eigenvalue weighted by Crippen LogP contribution is 2.15. The number of nitrogen functional groups attached to an aromatic ring is 1. The molecule has 6 nitrogen and oxygen atoms in total. The van der Waals surface area contributed by atoms with Crippen LogP contribution in [0, 0.1) is 0 Å². The molecule has 1 rings (SSSR count). The van der Waals surface area contributed by atoms with Gasteiger partial charge < -0.3 is 15.8 Å². The molecule has 1 heterocycles. The molecule has 0 unspecified atom stereocenters. The maximum Gasteiger partial charge on any atom is 0.405 e. The second kappa shape index (κ2) is 4.81. The zero-order valence-corrected chi connectivity index (χ0v) is 8.38. The first-order valence-electron chi connectivity index (χ1n) is 4.35. The molecule has 0 radical (unpaired) electrons. The van der Waals surface area contributed by atoms with Gasteiger partial charge in [-0.1, -0.05) is 0 Å². The Morgan fingerprint density at radius 1 is 1.31 bits per heavy atom. The summed E-state index contributed by atoms with van der Waals surface area (Å²) >= 11 is 0. The predicted octanol–water partition coefficient (Wildman–Crippen LogP) is 0.827. The fraction of sp³-hybridized carbons (Fsp3) is 0.571. The molecule has 0 spiro atoms. The van der Waals surface area contributed by atoms with Crippen LogP contribution in [0.15, 0.2) is 0 Å². The van der Waals surface area contributed by atoms with Crippen LogP contribution in [0.4, 0.5) is 25.1 Å². The summed E-state index contributed by atoms with van der Waals surface area (Å²) in [5, 5.41) is 1.98. The van der Waals surface area contributed by atoms with Gasteiger partial charge in [-0.25, -0.2) is 0 Å². The molecule has 0 amide bonds. The van der Waals surface area contributed by atoms with Crippen LogP contribution < -0.4 is 15.8 Å². The molecular formula is C7H10F3N5O. The SMILES string of the molecule is CCOc1nc(N)nc(NCC(F)(F)F)n1. The van der Waals surface area contributed by atoms with Gasteiger partial charge in [0.15, 0.2) is 0 Å². The van der Waals surface area contributed by atoms with Gasteiger partial charge in [0.1, 0.15) is 6.54 Å². The molecule has 0 aliphatic rings. The smallest absolute Gasteiger partial charge is 0.405 e. The Hall–Kier alpha value is -1.80. The minimum atomic E-state index is -4.35.